The zero-order chi connectivity index (χ0) is 17.6. The number of non-ortho nitro benzene ring substituents is 1. The molecule has 0 saturated carbocycles. The van der Waals surface area contributed by atoms with Crippen molar-refractivity contribution in [1.82, 2.24) is 0 Å². The van der Waals surface area contributed by atoms with E-state index >= 15 is 0 Å². The number of ether oxygens (including phenoxy) is 3. The highest BCUT2D eigenvalue weighted by Crippen LogP contribution is 2.49. The number of nitro groups is 1. The summed E-state index contributed by atoms with van der Waals surface area (Å²) in [6.07, 6.45) is 1.62. The summed E-state index contributed by atoms with van der Waals surface area (Å²) in [6, 6.07) is 8.01. The Morgan fingerprint density at radius 3 is 2.72 bits per heavy atom. The average Bonchev–Trinajstić information content (AvgIpc) is 3.07. The summed E-state index contributed by atoms with van der Waals surface area (Å²) >= 11 is 0. The Labute approximate surface area is 142 Å². The quantitative estimate of drug-likeness (QED) is 0.626. The van der Waals surface area contributed by atoms with Crippen LogP contribution in [-0.2, 0) is 0 Å². The summed E-state index contributed by atoms with van der Waals surface area (Å²) < 4.78 is 16.2. The molecule has 0 unspecified atom stereocenters. The number of rotatable bonds is 3. The van der Waals surface area contributed by atoms with Crippen molar-refractivity contribution < 1.29 is 19.1 Å². The van der Waals surface area contributed by atoms with E-state index in [2.05, 4.69) is 11.6 Å². The highest BCUT2D eigenvalue weighted by molar-refractivity contribution is 5.99. The van der Waals surface area contributed by atoms with E-state index in [9.17, 15) is 10.1 Å². The number of hydrogen-bond donors (Lipinski definition) is 0. The number of allylic oxidation sites excluding steroid dienone is 1. The van der Waals surface area contributed by atoms with Crippen LogP contribution in [-0.4, -0.2) is 25.0 Å². The lowest BCUT2D eigenvalue weighted by Gasteiger charge is -2.30. The monoisotopic (exact) mass is 339 g/mol. The van der Waals surface area contributed by atoms with E-state index in [1.807, 2.05) is 4.90 Å². The molecule has 25 heavy (non-hydrogen) atoms. The molecular weight excluding hydrogens is 326 g/mol. The molecule has 0 fully saturated rings. The molecule has 2 aromatic rings. The largest absolute Gasteiger partial charge is 0.494 e. The van der Waals surface area contributed by atoms with Crippen LogP contribution in [0.4, 0.5) is 22.7 Å². The van der Waals surface area contributed by atoms with Crippen molar-refractivity contribution >= 4 is 29.0 Å². The summed E-state index contributed by atoms with van der Waals surface area (Å²) in [5.41, 5.74) is 2.56. The van der Waals surface area contributed by atoms with Gasteiger partial charge in [-0.1, -0.05) is 6.58 Å². The van der Waals surface area contributed by atoms with Crippen LogP contribution in [0, 0.1) is 10.1 Å². The van der Waals surface area contributed by atoms with Crippen molar-refractivity contribution in [2.24, 2.45) is 4.99 Å². The van der Waals surface area contributed by atoms with Crippen molar-refractivity contribution in [3.63, 3.8) is 0 Å². The van der Waals surface area contributed by atoms with E-state index in [-0.39, 0.29) is 12.5 Å². The van der Waals surface area contributed by atoms with Crippen LogP contribution in [0.1, 0.15) is 0 Å². The number of fused-ring (bicyclic) bond motifs is 2. The first kappa shape index (κ1) is 15.0. The van der Waals surface area contributed by atoms with Gasteiger partial charge in [0.2, 0.25) is 6.79 Å². The van der Waals surface area contributed by atoms with Gasteiger partial charge in [0.15, 0.2) is 11.5 Å². The topological polar surface area (TPSA) is 86.4 Å². The lowest BCUT2D eigenvalue weighted by molar-refractivity contribution is -0.384. The molecule has 8 nitrogen and oxygen atoms in total. The van der Waals surface area contributed by atoms with Crippen LogP contribution >= 0.6 is 0 Å². The van der Waals surface area contributed by atoms with Gasteiger partial charge in [-0.3, -0.25) is 15.1 Å². The van der Waals surface area contributed by atoms with Crippen LogP contribution in [0.2, 0.25) is 0 Å². The van der Waals surface area contributed by atoms with E-state index in [1.54, 1.807) is 24.4 Å². The maximum absolute atomic E-state index is 11.0. The lowest BCUT2D eigenvalue weighted by Crippen LogP contribution is -2.20. The van der Waals surface area contributed by atoms with Gasteiger partial charge in [-0.05, 0) is 6.07 Å². The third-order valence-corrected chi connectivity index (χ3v) is 3.97. The van der Waals surface area contributed by atoms with Gasteiger partial charge in [-0.15, -0.1) is 0 Å². The summed E-state index contributed by atoms with van der Waals surface area (Å²) in [5.74, 6) is 1.59. The molecule has 0 spiro atoms. The number of benzene rings is 2. The van der Waals surface area contributed by atoms with Crippen LogP contribution in [0.15, 0.2) is 47.6 Å². The summed E-state index contributed by atoms with van der Waals surface area (Å²) in [6.45, 7) is 4.17. The number of aliphatic imine (C=N–C) groups is 1. The van der Waals surface area contributed by atoms with Crippen molar-refractivity contribution in [2.75, 3.05) is 18.8 Å². The molecule has 2 aliphatic rings. The summed E-state index contributed by atoms with van der Waals surface area (Å²) in [7, 11) is 1.46. The smallest absolute Gasteiger partial charge is 0.273 e. The number of nitro benzene ring substituents is 1. The van der Waals surface area contributed by atoms with E-state index in [0.29, 0.717) is 34.3 Å². The molecule has 126 valence electrons. The summed E-state index contributed by atoms with van der Waals surface area (Å²) in [5, 5.41) is 11.0. The van der Waals surface area contributed by atoms with Crippen molar-refractivity contribution in [2.45, 2.75) is 0 Å². The number of anilines is 2. The second-order valence-electron chi connectivity index (χ2n) is 5.39. The van der Waals surface area contributed by atoms with Crippen LogP contribution in [0.3, 0.4) is 0 Å². The molecule has 0 aromatic heterocycles. The SMILES string of the molecule is C=C1C=Nc2cc3c(cc2N1c1ccc([N+](=O)[O-])cc1OC)OCO3. The van der Waals surface area contributed by atoms with Gasteiger partial charge >= 0.3 is 0 Å². The predicted molar refractivity (Wildman–Crippen MR) is 91.6 cm³/mol. The molecule has 2 aromatic carbocycles. The molecule has 2 heterocycles. The van der Waals surface area contributed by atoms with E-state index < -0.39 is 4.92 Å². The fourth-order valence-electron chi connectivity index (χ4n) is 2.81. The molecule has 0 amide bonds. The molecule has 0 aliphatic carbocycles. The maximum atomic E-state index is 11.0. The molecule has 2 aliphatic heterocycles. The molecule has 0 saturated heterocycles. The Hall–Kier alpha value is -3.55. The number of hydrogen-bond acceptors (Lipinski definition) is 7. The lowest BCUT2D eigenvalue weighted by atomic mass is 10.1. The van der Waals surface area contributed by atoms with Crippen LogP contribution in [0.5, 0.6) is 17.2 Å². The third kappa shape index (κ3) is 2.35. The minimum absolute atomic E-state index is 0.0530. The fourth-order valence-corrected chi connectivity index (χ4v) is 2.81. The Kier molecular flexibility index (Phi) is 3.31. The molecule has 0 atom stereocenters. The van der Waals surface area contributed by atoms with Gasteiger partial charge < -0.3 is 19.1 Å². The third-order valence-electron chi connectivity index (χ3n) is 3.97. The molecule has 8 heteroatoms. The van der Waals surface area contributed by atoms with Crippen molar-refractivity contribution in [3.8, 4) is 17.2 Å². The predicted octanol–water partition coefficient (Wildman–Crippen LogP) is 3.70. The highest BCUT2D eigenvalue weighted by atomic mass is 16.7. The zero-order valence-corrected chi connectivity index (χ0v) is 13.3. The van der Waals surface area contributed by atoms with Crippen molar-refractivity contribution in [1.29, 1.82) is 0 Å². The minimum atomic E-state index is -0.467. The maximum Gasteiger partial charge on any atom is 0.273 e. The van der Waals surface area contributed by atoms with Crippen LogP contribution in [0.25, 0.3) is 0 Å². The number of nitrogens with zero attached hydrogens (tertiary/aromatic N) is 3. The average molecular weight is 339 g/mol. The molecule has 4 rings (SSSR count). The Bertz CT molecular complexity index is 938. The minimum Gasteiger partial charge on any atom is -0.494 e. The first-order valence-electron chi connectivity index (χ1n) is 7.37. The van der Waals surface area contributed by atoms with Crippen LogP contribution < -0.4 is 19.1 Å². The van der Waals surface area contributed by atoms with E-state index in [1.165, 1.54) is 19.2 Å². The molecule has 0 N–H and O–H groups in total. The zero-order valence-electron chi connectivity index (χ0n) is 13.3. The second kappa shape index (κ2) is 5.52. The first-order chi connectivity index (χ1) is 12.1. The van der Waals surface area contributed by atoms with Gasteiger partial charge in [0.1, 0.15) is 5.75 Å². The van der Waals surface area contributed by atoms with E-state index in [0.717, 1.165) is 5.69 Å². The van der Waals surface area contributed by atoms with Crippen molar-refractivity contribution in [3.05, 3.63) is 52.7 Å². The van der Waals surface area contributed by atoms with Gasteiger partial charge in [-0.2, -0.15) is 0 Å². The normalized spacial score (nSPS) is 14.4. The summed E-state index contributed by atoms with van der Waals surface area (Å²) in [4.78, 5) is 16.7. The van der Waals surface area contributed by atoms with Gasteiger partial charge in [-0.25, -0.2) is 0 Å². The first-order valence-corrected chi connectivity index (χ1v) is 7.37. The molecule has 0 bridgehead atoms. The Morgan fingerprint density at radius 2 is 2.00 bits per heavy atom. The molecular formula is C17H13N3O5. The Balaban J connectivity index is 1.88. The van der Waals surface area contributed by atoms with Gasteiger partial charge in [0.25, 0.3) is 5.69 Å². The van der Waals surface area contributed by atoms with Gasteiger partial charge in [0.05, 0.1) is 47.1 Å². The second-order valence-corrected chi connectivity index (χ2v) is 5.39. The van der Waals surface area contributed by atoms with Gasteiger partial charge in [0, 0.05) is 18.2 Å². The standard InChI is InChI=1S/C17H13N3O5/c1-10-8-18-12-6-16-17(25-9-24-16)7-14(12)19(10)13-4-3-11(20(21)22)5-15(13)23-2/h3-8H,1,9H2,2H3. The van der Waals surface area contributed by atoms with E-state index in [4.69, 9.17) is 14.2 Å². The highest BCUT2D eigenvalue weighted by Gasteiger charge is 2.27. The fraction of sp³-hybridized carbons (Fsp3) is 0.118. The Morgan fingerprint density at radius 1 is 1.24 bits per heavy atom. The number of methoxy groups -OCH3 is 1. The molecule has 0 radical (unpaired) electrons.